The quantitative estimate of drug-likeness (QED) is 0.784. The maximum Gasteiger partial charge on any atom is 0.129 e. The van der Waals surface area contributed by atoms with Crippen molar-refractivity contribution in [2.24, 2.45) is 0 Å². The van der Waals surface area contributed by atoms with E-state index >= 15 is 0 Å². The van der Waals surface area contributed by atoms with Gasteiger partial charge in [0.15, 0.2) is 0 Å². The molecule has 1 heterocycles. The SMILES string of the molecule is CCCNCc1c(F)cccc1-n1ccnc1CCC. The van der Waals surface area contributed by atoms with Crippen LogP contribution in [-0.4, -0.2) is 16.1 Å². The lowest BCUT2D eigenvalue weighted by molar-refractivity contribution is 0.583. The van der Waals surface area contributed by atoms with Gasteiger partial charge < -0.3 is 9.88 Å². The summed E-state index contributed by atoms with van der Waals surface area (Å²) in [6.45, 7) is 5.65. The van der Waals surface area contributed by atoms with E-state index in [2.05, 4.69) is 24.1 Å². The predicted molar refractivity (Wildman–Crippen MR) is 79.5 cm³/mol. The van der Waals surface area contributed by atoms with Gasteiger partial charge in [0.25, 0.3) is 0 Å². The lowest BCUT2D eigenvalue weighted by atomic mass is 10.1. The zero-order chi connectivity index (χ0) is 14.4. The van der Waals surface area contributed by atoms with Crippen LogP contribution in [0.3, 0.4) is 0 Å². The summed E-state index contributed by atoms with van der Waals surface area (Å²) in [5.74, 6) is 0.817. The van der Waals surface area contributed by atoms with Crippen LogP contribution in [0.15, 0.2) is 30.6 Å². The van der Waals surface area contributed by atoms with Gasteiger partial charge in [-0.05, 0) is 31.5 Å². The second kappa shape index (κ2) is 7.20. The van der Waals surface area contributed by atoms with Gasteiger partial charge in [-0.2, -0.15) is 0 Å². The Hall–Kier alpha value is -1.68. The molecule has 4 heteroatoms. The van der Waals surface area contributed by atoms with Crippen LogP contribution >= 0.6 is 0 Å². The van der Waals surface area contributed by atoms with E-state index < -0.39 is 0 Å². The number of nitrogens with zero attached hydrogens (tertiary/aromatic N) is 2. The molecule has 0 fully saturated rings. The third kappa shape index (κ3) is 3.25. The summed E-state index contributed by atoms with van der Waals surface area (Å²) in [7, 11) is 0. The van der Waals surface area contributed by atoms with Crippen LogP contribution in [0.25, 0.3) is 5.69 Å². The van der Waals surface area contributed by atoms with Crippen molar-refractivity contribution in [3.63, 3.8) is 0 Å². The molecule has 0 saturated carbocycles. The van der Waals surface area contributed by atoms with Gasteiger partial charge in [-0.3, -0.25) is 0 Å². The molecule has 108 valence electrons. The molecule has 0 aliphatic heterocycles. The molecular formula is C16H22FN3. The summed E-state index contributed by atoms with van der Waals surface area (Å²) in [6.07, 6.45) is 6.64. The Balaban J connectivity index is 2.34. The molecular weight excluding hydrogens is 253 g/mol. The average Bonchev–Trinajstić information content (AvgIpc) is 2.89. The Labute approximate surface area is 119 Å². The highest BCUT2D eigenvalue weighted by atomic mass is 19.1. The molecule has 20 heavy (non-hydrogen) atoms. The van der Waals surface area contributed by atoms with Gasteiger partial charge >= 0.3 is 0 Å². The van der Waals surface area contributed by atoms with E-state index in [9.17, 15) is 4.39 Å². The number of aromatic nitrogens is 2. The molecule has 0 spiro atoms. The van der Waals surface area contributed by atoms with Crippen LogP contribution in [0.5, 0.6) is 0 Å². The van der Waals surface area contributed by atoms with Crippen LogP contribution in [-0.2, 0) is 13.0 Å². The fraction of sp³-hybridized carbons (Fsp3) is 0.438. The lowest BCUT2D eigenvalue weighted by Gasteiger charge is -2.14. The maximum absolute atomic E-state index is 14.1. The minimum absolute atomic E-state index is 0.165. The lowest BCUT2D eigenvalue weighted by Crippen LogP contribution is -2.17. The molecule has 1 N–H and O–H groups in total. The van der Waals surface area contributed by atoms with E-state index in [1.165, 1.54) is 6.07 Å². The van der Waals surface area contributed by atoms with Gasteiger partial charge in [0.2, 0.25) is 0 Å². The molecule has 0 aliphatic carbocycles. The highest BCUT2D eigenvalue weighted by Crippen LogP contribution is 2.20. The molecule has 0 atom stereocenters. The molecule has 0 amide bonds. The molecule has 3 nitrogen and oxygen atoms in total. The number of hydrogen-bond acceptors (Lipinski definition) is 2. The summed E-state index contributed by atoms with van der Waals surface area (Å²) < 4.78 is 16.1. The molecule has 2 aromatic rings. The molecule has 1 aromatic heterocycles. The molecule has 1 aromatic carbocycles. The van der Waals surface area contributed by atoms with Gasteiger partial charge in [0.05, 0.1) is 5.69 Å². The zero-order valence-corrected chi connectivity index (χ0v) is 12.2. The molecule has 2 rings (SSSR count). The van der Waals surface area contributed by atoms with Crippen LogP contribution in [0.4, 0.5) is 4.39 Å². The Kier molecular flexibility index (Phi) is 5.30. The number of nitrogens with one attached hydrogen (secondary N) is 1. The Morgan fingerprint density at radius 3 is 2.85 bits per heavy atom. The summed E-state index contributed by atoms with van der Waals surface area (Å²) >= 11 is 0. The number of rotatable bonds is 7. The van der Waals surface area contributed by atoms with Crippen molar-refractivity contribution in [1.82, 2.24) is 14.9 Å². The molecule has 0 radical (unpaired) electrons. The highest BCUT2D eigenvalue weighted by Gasteiger charge is 2.12. The largest absolute Gasteiger partial charge is 0.312 e. The molecule has 0 saturated heterocycles. The van der Waals surface area contributed by atoms with Crippen molar-refractivity contribution in [2.75, 3.05) is 6.54 Å². The van der Waals surface area contributed by atoms with E-state index in [0.717, 1.165) is 37.3 Å². The Morgan fingerprint density at radius 2 is 2.10 bits per heavy atom. The number of benzene rings is 1. The first-order valence-electron chi connectivity index (χ1n) is 7.28. The maximum atomic E-state index is 14.1. The summed E-state index contributed by atoms with van der Waals surface area (Å²) in [4.78, 5) is 4.37. The predicted octanol–water partition coefficient (Wildman–Crippen LogP) is 3.46. The zero-order valence-electron chi connectivity index (χ0n) is 12.2. The average molecular weight is 275 g/mol. The second-order valence-corrected chi connectivity index (χ2v) is 4.88. The summed E-state index contributed by atoms with van der Waals surface area (Å²) in [6, 6.07) is 5.22. The monoisotopic (exact) mass is 275 g/mol. The topological polar surface area (TPSA) is 29.9 Å². The number of imidazole rings is 1. The highest BCUT2D eigenvalue weighted by molar-refractivity contribution is 5.43. The first kappa shape index (κ1) is 14.7. The Bertz CT molecular complexity index is 548. The van der Waals surface area contributed by atoms with Gasteiger partial charge in [-0.1, -0.05) is 19.9 Å². The number of halogens is 1. The molecule has 0 bridgehead atoms. The first-order valence-corrected chi connectivity index (χ1v) is 7.28. The first-order chi connectivity index (χ1) is 9.77. The fourth-order valence-electron chi connectivity index (χ4n) is 2.30. The molecule has 0 aliphatic rings. The molecule has 0 unspecified atom stereocenters. The van der Waals surface area contributed by atoms with Gasteiger partial charge in [0.1, 0.15) is 11.6 Å². The second-order valence-electron chi connectivity index (χ2n) is 4.88. The number of aryl methyl sites for hydroxylation is 1. The van der Waals surface area contributed by atoms with Crippen molar-refractivity contribution in [3.05, 3.63) is 47.8 Å². The van der Waals surface area contributed by atoms with Crippen molar-refractivity contribution >= 4 is 0 Å². The van der Waals surface area contributed by atoms with E-state index in [1.54, 1.807) is 12.3 Å². The van der Waals surface area contributed by atoms with Gasteiger partial charge in [0, 0.05) is 30.9 Å². The smallest absolute Gasteiger partial charge is 0.129 e. The van der Waals surface area contributed by atoms with Gasteiger partial charge in [-0.15, -0.1) is 0 Å². The normalized spacial score (nSPS) is 10.9. The van der Waals surface area contributed by atoms with Crippen molar-refractivity contribution < 1.29 is 4.39 Å². The Morgan fingerprint density at radius 1 is 1.25 bits per heavy atom. The van der Waals surface area contributed by atoms with Gasteiger partial charge in [-0.25, -0.2) is 9.37 Å². The van der Waals surface area contributed by atoms with Crippen molar-refractivity contribution in [2.45, 2.75) is 39.7 Å². The minimum atomic E-state index is -0.165. The van der Waals surface area contributed by atoms with Crippen LogP contribution in [0, 0.1) is 5.82 Å². The van der Waals surface area contributed by atoms with E-state index in [0.29, 0.717) is 12.1 Å². The number of hydrogen-bond donors (Lipinski definition) is 1. The van der Waals surface area contributed by atoms with Crippen LogP contribution in [0.1, 0.15) is 38.1 Å². The third-order valence-corrected chi connectivity index (χ3v) is 3.27. The fourth-order valence-corrected chi connectivity index (χ4v) is 2.30. The third-order valence-electron chi connectivity index (χ3n) is 3.27. The van der Waals surface area contributed by atoms with E-state index in [4.69, 9.17) is 0 Å². The van der Waals surface area contributed by atoms with E-state index in [1.807, 2.05) is 16.8 Å². The van der Waals surface area contributed by atoms with Crippen LogP contribution < -0.4 is 5.32 Å². The van der Waals surface area contributed by atoms with E-state index in [-0.39, 0.29) is 5.82 Å². The standard InChI is InChI=1S/C16H22FN3/c1-3-6-16-19-10-11-20(16)15-8-5-7-14(17)13(15)12-18-9-4-2/h5,7-8,10-11,18H,3-4,6,9,12H2,1-2H3. The summed E-state index contributed by atoms with van der Waals surface area (Å²) in [5.41, 5.74) is 1.59. The van der Waals surface area contributed by atoms with Crippen molar-refractivity contribution in [3.8, 4) is 5.69 Å². The van der Waals surface area contributed by atoms with Crippen LogP contribution in [0.2, 0.25) is 0 Å². The minimum Gasteiger partial charge on any atom is -0.312 e. The summed E-state index contributed by atoms with van der Waals surface area (Å²) in [5, 5.41) is 3.27. The van der Waals surface area contributed by atoms with Crippen molar-refractivity contribution in [1.29, 1.82) is 0 Å².